The average molecular weight is 517 g/mol. The summed E-state index contributed by atoms with van der Waals surface area (Å²) >= 11 is 0. The molecule has 1 N–H and O–H groups in total. The van der Waals surface area contributed by atoms with E-state index in [0.29, 0.717) is 24.6 Å². The Labute approximate surface area is 215 Å². The van der Waals surface area contributed by atoms with Gasteiger partial charge in [-0.05, 0) is 55.8 Å². The molecule has 8 heteroatoms. The van der Waals surface area contributed by atoms with Crippen molar-refractivity contribution in [3.05, 3.63) is 59.4 Å². The van der Waals surface area contributed by atoms with Crippen molar-refractivity contribution in [1.82, 2.24) is 9.21 Å². The van der Waals surface area contributed by atoms with Crippen LogP contribution < -0.4 is 4.74 Å². The maximum atomic E-state index is 13.6. The standard InChI is InChI=1S/C28H37FN2O4S/c1-20(2)7-6-8-23-11-14-28-26(15-23)35-27(18-30(5)17-24-9-12-25(29)13-10-24)21(3)16-31(22(4)19-32)36(28,33)34/h9-15,20-22,27,32H,7,16-19H2,1-5H3/t21-,22-,27+/m0/s1. The van der Waals surface area contributed by atoms with E-state index in [2.05, 4.69) is 30.6 Å². The van der Waals surface area contributed by atoms with Gasteiger partial charge in [-0.1, -0.05) is 44.7 Å². The summed E-state index contributed by atoms with van der Waals surface area (Å²) < 4.78 is 48.3. The molecule has 1 aliphatic rings. The van der Waals surface area contributed by atoms with Crippen LogP contribution in [0, 0.1) is 29.5 Å². The van der Waals surface area contributed by atoms with Gasteiger partial charge in [-0.2, -0.15) is 4.31 Å². The number of rotatable bonds is 7. The highest BCUT2D eigenvalue weighted by Crippen LogP contribution is 2.34. The molecule has 0 aromatic heterocycles. The maximum Gasteiger partial charge on any atom is 0.247 e. The zero-order valence-electron chi connectivity index (χ0n) is 21.7. The molecule has 0 amide bonds. The maximum absolute atomic E-state index is 13.6. The summed E-state index contributed by atoms with van der Waals surface area (Å²) in [6.45, 7) is 8.91. The van der Waals surface area contributed by atoms with E-state index in [0.717, 1.165) is 12.0 Å². The second-order valence-corrected chi connectivity index (χ2v) is 12.0. The Kier molecular flexibility index (Phi) is 9.53. The quantitative estimate of drug-likeness (QED) is 0.561. The summed E-state index contributed by atoms with van der Waals surface area (Å²) in [5, 5.41) is 9.81. The van der Waals surface area contributed by atoms with Crippen LogP contribution in [0.25, 0.3) is 0 Å². The number of benzene rings is 2. The highest BCUT2D eigenvalue weighted by molar-refractivity contribution is 7.89. The molecule has 0 bridgehead atoms. The Balaban J connectivity index is 1.95. The third kappa shape index (κ3) is 7.07. The molecule has 36 heavy (non-hydrogen) atoms. The lowest BCUT2D eigenvalue weighted by Crippen LogP contribution is -2.49. The smallest absolute Gasteiger partial charge is 0.247 e. The third-order valence-corrected chi connectivity index (χ3v) is 8.29. The number of sulfonamides is 1. The van der Waals surface area contributed by atoms with Gasteiger partial charge in [-0.15, -0.1) is 0 Å². The van der Waals surface area contributed by atoms with Crippen LogP contribution in [0.2, 0.25) is 0 Å². The van der Waals surface area contributed by atoms with Gasteiger partial charge in [0.25, 0.3) is 0 Å². The van der Waals surface area contributed by atoms with Crippen molar-refractivity contribution in [2.45, 2.75) is 57.7 Å². The molecular weight excluding hydrogens is 479 g/mol. The molecule has 6 nitrogen and oxygen atoms in total. The van der Waals surface area contributed by atoms with E-state index in [-0.39, 0.29) is 41.6 Å². The second kappa shape index (κ2) is 12.2. The molecule has 2 aromatic rings. The molecule has 0 aliphatic carbocycles. The summed E-state index contributed by atoms with van der Waals surface area (Å²) in [4.78, 5) is 2.16. The van der Waals surface area contributed by atoms with Crippen LogP contribution in [-0.4, -0.2) is 61.6 Å². The van der Waals surface area contributed by atoms with Gasteiger partial charge in [0.05, 0.1) is 6.61 Å². The van der Waals surface area contributed by atoms with Gasteiger partial charge in [0.2, 0.25) is 10.0 Å². The summed E-state index contributed by atoms with van der Waals surface area (Å²) in [5.41, 5.74) is 1.66. The topological polar surface area (TPSA) is 70.1 Å². The number of aliphatic hydroxyl groups is 1. The molecular formula is C28H37FN2O4S. The lowest BCUT2D eigenvalue weighted by molar-refractivity contribution is 0.0733. The number of hydrogen-bond acceptors (Lipinski definition) is 5. The largest absolute Gasteiger partial charge is 0.487 e. The first-order valence-corrected chi connectivity index (χ1v) is 13.8. The molecule has 0 unspecified atom stereocenters. The van der Waals surface area contributed by atoms with E-state index in [1.54, 1.807) is 37.3 Å². The highest BCUT2D eigenvalue weighted by Gasteiger charge is 2.38. The van der Waals surface area contributed by atoms with E-state index in [4.69, 9.17) is 4.74 Å². The molecule has 2 aromatic carbocycles. The van der Waals surface area contributed by atoms with Crippen LogP contribution in [-0.2, 0) is 16.6 Å². The van der Waals surface area contributed by atoms with Gasteiger partial charge in [0.15, 0.2) is 0 Å². The van der Waals surface area contributed by atoms with Gasteiger partial charge in [-0.25, -0.2) is 12.8 Å². The first kappa shape index (κ1) is 28.1. The van der Waals surface area contributed by atoms with E-state index in [1.165, 1.54) is 16.4 Å². The zero-order valence-corrected chi connectivity index (χ0v) is 22.6. The Morgan fingerprint density at radius 3 is 2.53 bits per heavy atom. The summed E-state index contributed by atoms with van der Waals surface area (Å²) in [6.07, 6.45) is 0.420. The minimum absolute atomic E-state index is 0.0790. The Morgan fingerprint density at radius 1 is 1.19 bits per heavy atom. The highest BCUT2D eigenvalue weighted by atomic mass is 32.2. The molecule has 1 aliphatic heterocycles. The van der Waals surface area contributed by atoms with Crippen molar-refractivity contribution in [3.63, 3.8) is 0 Å². The van der Waals surface area contributed by atoms with Gasteiger partial charge < -0.3 is 9.84 Å². The third-order valence-electron chi connectivity index (χ3n) is 6.27. The molecule has 0 saturated heterocycles. The molecule has 0 saturated carbocycles. The van der Waals surface area contributed by atoms with E-state index in [1.807, 2.05) is 14.0 Å². The first-order chi connectivity index (χ1) is 17.0. The molecule has 196 valence electrons. The van der Waals surface area contributed by atoms with Crippen molar-refractivity contribution in [2.75, 3.05) is 26.7 Å². The fraction of sp³-hybridized carbons (Fsp3) is 0.500. The van der Waals surface area contributed by atoms with Gasteiger partial charge in [0, 0.05) is 43.6 Å². The summed E-state index contributed by atoms with van der Waals surface area (Å²) in [7, 11) is -1.93. The number of ether oxygens (including phenoxy) is 1. The lowest BCUT2D eigenvalue weighted by Gasteiger charge is -2.37. The fourth-order valence-electron chi connectivity index (χ4n) is 4.15. The van der Waals surface area contributed by atoms with Gasteiger partial charge in [0.1, 0.15) is 22.6 Å². The monoisotopic (exact) mass is 516 g/mol. The molecule has 0 spiro atoms. The van der Waals surface area contributed by atoms with Crippen molar-refractivity contribution >= 4 is 10.0 Å². The fourth-order valence-corrected chi connectivity index (χ4v) is 5.98. The summed E-state index contributed by atoms with van der Waals surface area (Å²) in [6, 6.07) is 10.8. The van der Waals surface area contributed by atoms with Crippen LogP contribution in [0.15, 0.2) is 47.4 Å². The number of likely N-dealkylation sites (N-methyl/N-ethyl adjacent to an activating group) is 1. The predicted octanol–water partition coefficient (Wildman–Crippen LogP) is 4.12. The number of hydrogen-bond donors (Lipinski definition) is 1. The normalized spacial score (nSPS) is 20.6. The minimum Gasteiger partial charge on any atom is -0.487 e. The first-order valence-electron chi connectivity index (χ1n) is 12.4. The number of nitrogens with zero attached hydrogens (tertiary/aromatic N) is 2. The average Bonchev–Trinajstić information content (AvgIpc) is 2.82. The lowest BCUT2D eigenvalue weighted by atomic mass is 10.0. The predicted molar refractivity (Wildman–Crippen MR) is 140 cm³/mol. The Hall–Kier alpha value is -2.44. The van der Waals surface area contributed by atoms with Crippen LogP contribution in [0.4, 0.5) is 4.39 Å². The zero-order chi connectivity index (χ0) is 26.5. The minimum atomic E-state index is -3.89. The van der Waals surface area contributed by atoms with Crippen molar-refractivity contribution < 1.29 is 22.7 Å². The van der Waals surface area contributed by atoms with E-state index < -0.39 is 16.1 Å². The number of fused-ring (bicyclic) bond motifs is 1. The Bertz CT molecular complexity index is 1190. The number of halogens is 1. The van der Waals surface area contributed by atoms with Crippen molar-refractivity contribution in [1.29, 1.82) is 0 Å². The summed E-state index contributed by atoms with van der Waals surface area (Å²) in [5.74, 6) is 6.54. The molecule has 3 rings (SSSR count). The van der Waals surface area contributed by atoms with Crippen LogP contribution in [0.5, 0.6) is 5.75 Å². The second-order valence-electron chi connectivity index (χ2n) is 10.1. The van der Waals surface area contributed by atoms with Gasteiger partial charge >= 0.3 is 0 Å². The van der Waals surface area contributed by atoms with Crippen LogP contribution in [0.3, 0.4) is 0 Å². The van der Waals surface area contributed by atoms with Gasteiger partial charge in [-0.3, -0.25) is 4.90 Å². The molecule has 0 radical (unpaired) electrons. The molecule has 1 heterocycles. The Morgan fingerprint density at radius 2 is 1.89 bits per heavy atom. The van der Waals surface area contributed by atoms with Crippen LogP contribution >= 0.6 is 0 Å². The van der Waals surface area contributed by atoms with Crippen molar-refractivity contribution in [3.8, 4) is 17.6 Å². The number of aliphatic hydroxyl groups excluding tert-OH is 1. The molecule has 0 fully saturated rings. The molecule has 3 atom stereocenters. The van der Waals surface area contributed by atoms with Crippen molar-refractivity contribution in [2.24, 2.45) is 11.8 Å². The van der Waals surface area contributed by atoms with E-state index in [9.17, 15) is 17.9 Å². The van der Waals surface area contributed by atoms with E-state index >= 15 is 0 Å². The SMILES string of the molecule is CC(C)CC#Cc1ccc2c(c1)O[C@H](CN(C)Cc1ccc(F)cc1)[C@@H](C)CN([C@@H](C)CO)S2(=O)=O. The van der Waals surface area contributed by atoms with Crippen LogP contribution in [0.1, 0.15) is 45.2 Å².